The van der Waals surface area contributed by atoms with E-state index in [1.807, 2.05) is 0 Å². The number of carbonyl (C=O) groups is 9. The molecule has 0 heterocycles. The lowest BCUT2D eigenvalue weighted by atomic mass is 9.89. The van der Waals surface area contributed by atoms with Crippen LogP contribution in [-0.4, -0.2) is 453 Å². The molecule has 0 bridgehead atoms. The number of halogens is 9. The Kier molecular flexibility index (Phi) is 50.3. The van der Waals surface area contributed by atoms with Crippen molar-refractivity contribution in [2.75, 3.05) is 201 Å². The fourth-order valence-electron chi connectivity index (χ4n) is 11.5. The number of anilines is 3. The van der Waals surface area contributed by atoms with Crippen molar-refractivity contribution in [2.45, 2.75) is 74.1 Å². The number of carbonyl (C=O) groups excluding carboxylic acids is 9. The Morgan fingerprint density at radius 2 is 0.508 bits per heavy atom. The van der Waals surface area contributed by atoms with Crippen LogP contribution in [0.1, 0.15) is 69.1 Å². The van der Waals surface area contributed by atoms with Gasteiger partial charge in [-0.25, -0.2) is 14.4 Å². The molecular formula is C68H99I9N12O31. The first-order chi connectivity index (χ1) is 56.1. The van der Waals surface area contributed by atoms with Gasteiger partial charge in [0.05, 0.1) is 212 Å². The van der Waals surface area contributed by atoms with Gasteiger partial charge in [0.25, 0.3) is 35.4 Å². The summed E-state index contributed by atoms with van der Waals surface area (Å²) < 4.78 is -1.14. The van der Waals surface area contributed by atoms with Crippen LogP contribution in [0.4, 0.5) is 31.4 Å². The summed E-state index contributed by atoms with van der Waals surface area (Å²) in [6, 6.07) is -3.26. The first-order valence-electron chi connectivity index (χ1n) is 35.8. The largest absolute Gasteiger partial charge is 0.394 e. The molecule has 120 heavy (non-hydrogen) atoms. The molecule has 26 N–H and O–H groups in total. The summed E-state index contributed by atoms with van der Waals surface area (Å²) >= 11 is 15.0. The quantitative estimate of drug-likeness (QED) is 0.0234. The van der Waals surface area contributed by atoms with E-state index in [1.165, 1.54) is 28.1 Å². The summed E-state index contributed by atoms with van der Waals surface area (Å²) in [4.78, 5) is 143. The van der Waals surface area contributed by atoms with Crippen molar-refractivity contribution < 1.29 is 155 Å². The van der Waals surface area contributed by atoms with E-state index in [2.05, 4.69) is 21.3 Å². The summed E-state index contributed by atoms with van der Waals surface area (Å²) in [5, 5.41) is 236. The van der Waals surface area contributed by atoms with Crippen molar-refractivity contribution in [3.05, 3.63) is 65.5 Å². The van der Waals surface area contributed by atoms with Gasteiger partial charge in [0.15, 0.2) is 0 Å². The molecule has 680 valence electrons. The van der Waals surface area contributed by atoms with Gasteiger partial charge >= 0.3 is 18.1 Å². The topological polar surface area (TPSA) is 673 Å². The molecule has 0 radical (unpaired) electrons. The van der Waals surface area contributed by atoms with Gasteiger partial charge < -0.3 is 168 Å². The van der Waals surface area contributed by atoms with Gasteiger partial charge in [-0.3, -0.25) is 33.7 Å². The van der Waals surface area contributed by atoms with Crippen molar-refractivity contribution in [1.29, 1.82) is 0 Å². The lowest BCUT2D eigenvalue weighted by molar-refractivity contribution is 0.0203. The normalized spacial score (nSPS) is 14.8. The summed E-state index contributed by atoms with van der Waals surface area (Å²) in [7, 11) is 3.63. The molecule has 3 aromatic rings. The molecule has 0 aliphatic rings. The minimum atomic E-state index is -1.74. The number of hydrogen-bond acceptors (Lipinski definition) is 31. The van der Waals surface area contributed by atoms with E-state index < -0.39 is 313 Å². The van der Waals surface area contributed by atoms with Crippen LogP contribution in [0.5, 0.6) is 0 Å². The van der Waals surface area contributed by atoms with Gasteiger partial charge in [-0.1, -0.05) is 6.92 Å². The molecule has 0 fully saturated rings. The van der Waals surface area contributed by atoms with Crippen molar-refractivity contribution >= 4 is 274 Å². The Morgan fingerprint density at radius 3 is 0.733 bits per heavy atom. The van der Waals surface area contributed by atoms with Crippen molar-refractivity contribution in [1.82, 2.24) is 44.9 Å². The Labute approximate surface area is 810 Å². The molecule has 0 saturated carbocycles. The van der Waals surface area contributed by atoms with Gasteiger partial charge in [0.2, 0.25) is 0 Å². The van der Waals surface area contributed by atoms with Gasteiger partial charge in [-0.05, 0) is 203 Å². The van der Waals surface area contributed by atoms with Crippen LogP contribution in [-0.2, 0) is 0 Å². The number of benzene rings is 3. The molecule has 0 spiro atoms. The van der Waals surface area contributed by atoms with Crippen molar-refractivity contribution in [2.24, 2.45) is 5.41 Å². The van der Waals surface area contributed by atoms with E-state index in [-0.39, 0.29) is 60.3 Å². The monoisotopic (exact) mass is 2720 g/mol. The van der Waals surface area contributed by atoms with E-state index in [9.17, 15) is 122 Å². The predicted molar refractivity (Wildman–Crippen MR) is 503 cm³/mol. The van der Waals surface area contributed by atoms with Crippen molar-refractivity contribution in [3.8, 4) is 0 Å². The SMILES string of the molecule is CN(CC(C)(CNC(=O)N(C)c1c(I)c(C(=O)N(CC(O)CO)CC(O)CO)c(I)c(C(=O)N(CC(O)CO)CC(O)CO)c1I)CN(C)C(=O)Nc1c(I)c(C(=O)N(CC(O)CO)CC(O)CO)c(I)c(C(=O)N(CC(O)CO)CC(O)CO)c1I)C(=O)Nc1c(I)c(C(=O)NCC(O)CO)c(I)c(C(=O)N(CC(O)CO)CC(O)CO)c1I. The van der Waals surface area contributed by atoms with Gasteiger partial charge in [-0.2, -0.15) is 0 Å². The summed E-state index contributed by atoms with van der Waals surface area (Å²) in [6.45, 7) is -17.7. The van der Waals surface area contributed by atoms with Crippen LogP contribution in [0.3, 0.4) is 0 Å². The molecule has 3 rings (SSSR count). The fraction of sp³-hybridized carbons (Fsp3) is 0.603. The first-order valence-corrected chi connectivity index (χ1v) is 45.5. The molecule has 0 aliphatic heterocycles. The van der Waals surface area contributed by atoms with Gasteiger partial charge in [-0.15, -0.1) is 0 Å². The first kappa shape index (κ1) is 112. The minimum absolute atomic E-state index is 0.0560. The number of rotatable bonds is 48. The van der Waals surface area contributed by atoms with Crippen LogP contribution in [0.2, 0.25) is 0 Å². The second kappa shape index (κ2) is 53.8. The molecule has 0 aliphatic carbocycles. The van der Waals surface area contributed by atoms with Gasteiger partial charge in [0.1, 0.15) is 0 Å². The second-order valence-corrected chi connectivity index (χ2v) is 37.4. The van der Waals surface area contributed by atoms with E-state index >= 15 is 33.6 Å². The standard InChI is InChI=1S/C68H99I9N12O31/c1-68(28-82(2)66(119)80-56-50(72)41(59(112)78-5-30(101)16-90)47(69)42(51(56)73)60(113)85(6-31(102)17-91)7-32(103)18-92,27-79-65(118)84(4)58-54(76)45(63(116)88(12-37(108)23-97)13-38(109)24-98)49(71)46(55(58)77)64(117)89(14-39(110)25-99)15-40(111)26-100)29-83(3)67(120)81-57-52(74)43(61(114)86(8-33(104)19-93)9-34(105)20-94)48(70)44(53(57)75)62(115)87(10-35(106)21-95)11-36(107)22-96/h30-40,90-111H,5-29H2,1-4H3,(H,78,112)(H,79,118)(H,80,119)(H,81,120). The van der Waals surface area contributed by atoms with Crippen LogP contribution in [0.15, 0.2) is 0 Å². The highest BCUT2D eigenvalue weighted by atomic mass is 127. The second-order valence-electron chi connectivity index (χ2n) is 27.7. The fourth-order valence-corrected chi connectivity index (χ4v) is 25.0. The van der Waals surface area contributed by atoms with Crippen LogP contribution in [0, 0.1) is 37.5 Å². The van der Waals surface area contributed by atoms with E-state index in [0.29, 0.717) is 0 Å². The Bertz CT molecular complexity index is 3820. The number of urea groups is 3. The van der Waals surface area contributed by atoms with Crippen LogP contribution < -0.4 is 26.2 Å². The van der Waals surface area contributed by atoms with E-state index in [1.54, 1.807) is 203 Å². The third-order valence-electron chi connectivity index (χ3n) is 17.5. The van der Waals surface area contributed by atoms with E-state index in [0.717, 1.165) is 39.2 Å². The highest BCUT2D eigenvalue weighted by Gasteiger charge is 2.41. The molecule has 12 unspecified atom stereocenters. The van der Waals surface area contributed by atoms with Crippen LogP contribution in [0.25, 0.3) is 0 Å². The molecule has 0 saturated heterocycles. The maximum atomic E-state index is 15.4. The van der Waals surface area contributed by atoms with Crippen LogP contribution >= 0.6 is 203 Å². The molecule has 3 aromatic carbocycles. The lowest BCUT2D eigenvalue weighted by Gasteiger charge is -2.38. The zero-order valence-electron chi connectivity index (χ0n) is 64.5. The molecule has 0 aromatic heterocycles. The highest BCUT2D eigenvalue weighted by Crippen LogP contribution is 2.42. The van der Waals surface area contributed by atoms with Gasteiger partial charge in [0, 0.05) is 129 Å². The molecule has 52 heteroatoms. The smallest absolute Gasteiger partial charge is 0.321 e. The summed E-state index contributed by atoms with van der Waals surface area (Å²) in [6.07, 6.45) is -18.1. The van der Waals surface area contributed by atoms with Crippen molar-refractivity contribution in [3.63, 3.8) is 0 Å². The average molecular weight is 2720 g/mol. The summed E-state index contributed by atoms with van der Waals surface area (Å²) in [5.74, 6) is -6.28. The number of nitrogens with one attached hydrogen (secondary N) is 4. The maximum Gasteiger partial charge on any atom is 0.321 e. The Balaban J connectivity index is 2.62. The zero-order valence-corrected chi connectivity index (χ0v) is 83.9. The van der Waals surface area contributed by atoms with E-state index in [4.69, 9.17) is 0 Å². The minimum Gasteiger partial charge on any atom is -0.394 e. The molecular weight excluding hydrogens is 2620 g/mol. The zero-order chi connectivity index (χ0) is 91.6. The average Bonchev–Trinajstić information content (AvgIpc) is 0.720. The summed E-state index contributed by atoms with van der Waals surface area (Å²) in [5.41, 5.74) is -4.81. The number of amides is 12. The number of aliphatic hydroxyl groups excluding tert-OH is 22. The predicted octanol–water partition coefficient (Wildman–Crippen LogP) is -5.57. The number of aliphatic hydroxyl groups is 22. The number of nitrogens with zero attached hydrogens (tertiary/aromatic N) is 8. The molecule has 12 atom stereocenters. The highest BCUT2D eigenvalue weighted by molar-refractivity contribution is 14.1. The third kappa shape index (κ3) is 31.4. The molecule has 12 amide bonds. The molecule has 43 nitrogen and oxygen atoms in total. The Hall–Kier alpha value is -2.02. The third-order valence-corrected chi connectivity index (χ3v) is 27.1. The lowest BCUT2D eigenvalue weighted by Crippen LogP contribution is -2.53. The number of hydrogen-bond donors (Lipinski definition) is 26. The Morgan fingerprint density at radius 1 is 0.300 bits per heavy atom. The maximum absolute atomic E-state index is 15.4.